The molecule has 4 heterocycles. The average molecular weight is 490 g/mol. The second-order valence-corrected chi connectivity index (χ2v) is 7.88. The van der Waals surface area contributed by atoms with Gasteiger partial charge in [0.1, 0.15) is 6.07 Å². The maximum absolute atomic E-state index is 11.6. The Morgan fingerprint density at radius 3 is 2.11 bits per heavy atom. The lowest BCUT2D eigenvalue weighted by atomic mass is 10.1. The van der Waals surface area contributed by atoms with E-state index >= 15 is 0 Å². The standard InChI is InChI=1S/C18H21N5O.C5H4N4.CH2O2/c1-2-16(24)19-13-6-7-14-15(12-13)18(23-10-5-11-23)21-20-17(14)22-8-3-4-9-22;6-1-4-2-8-5(7)9-3-4;2-1-3/h2,6-7,12H,1,3-5,8-11H2,(H,19,24);2-3H,(H2,7,8,9);1H,(H,2,3). The lowest BCUT2D eigenvalue weighted by Gasteiger charge is -2.33. The average Bonchev–Trinajstić information content (AvgIpc) is 3.39. The first-order valence-corrected chi connectivity index (χ1v) is 11.3. The van der Waals surface area contributed by atoms with E-state index in [9.17, 15) is 4.79 Å². The summed E-state index contributed by atoms with van der Waals surface area (Å²) in [6.45, 7) is 7.33. The van der Waals surface area contributed by atoms with Gasteiger partial charge in [0.25, 0.3) is 6.47 Å². The fourth-order valence-electron chi connectivity index (χ4n) is 3.72. The predicted molar refractivity (Wildman–Crippen MR) is 136 cm³/mol. The van der Waals surface area contributed by atoms with E-state index in [0.717, 1.165) is 54.3 Å². The second kappa shape index (κ2) is 12.6. The van der Waals surface area contributed by atoms with Gasteiger partial charge in [0.2, 0.25) is 11.9 Å². The highest BCUT2D eigenvalue weighted by Crippen LogP contribution is 2.35. The number of nitriles is 1. The van der Waals surface area contributed by atoms with E-state index in [-0.39, 0.29) is 18.3 Å². The van der Waals surface area contributed by atoms with E-state index in [4.69, 9.17) is 20.9 Å². The van der Waals surface area contributed by atoms with Crippen LogP contribution in [0, 0.1) is 11.3 Å². The number of benzene rings is 1. The molecule has 36 heavy (non-hydrogen) atoms. The smallest absolute Gasteiger partial charge is 0.290 e. The molecule has 0 bridgehead atoms. The van der Waals surface area contributed by atoms with Gasteiger partial charge in [-0.1, -0.05) is 6.58 Å². The van der Waals surface area contributed by atoms with Gasteiger partial charge in [-0.25, -0.2) is 9.97 Å². The van der Waals surface area contributed by atoms with Crippen molar-refractivity contribution in [1.29, 1.82) is 5.26 Å². The van der Waals surface area contributed by atoms with Crippen LogP contribution in [0.2, 0.25) is 0 Å². The molecular weight excluding hydrogens is 462 g/mol. The first kappa shape index (κ1) is 25.8. The third-order valence-electron chi connectivity index (χ3n) is 5.56. The molecule has 5 rings (SSSR count). The van der Waals surface area contributed by atoms with Crippen LogP contribution in [0.1, 0.15) is 24.8 Å². The van der Waals surface area contributed by atoms with Gasteiger partial charge in [-0.2, -0.15) is 5.26 Å². The van der Waals surface area contributed by atoms with Crippen molar-refractivity contribution in [3.8, 4) is 6.07 Å². The van der Waals surface area contributed by atoms with Crippen LogP contribution in [0.15, 0.2) is 43.2 Å². The van der Waals surface area contributed by atoms with Crippen molar-refractivity contribution in [3.05, 3.63) is 48.8 Å². The zero-order chi connectivity index (χ0) is 25.9. The van der Waals surface area contributed by atoms with Crippen LogP contribution in [-0.2, 0) is 9.59 Å². The third-order valence-corrected chi connectivity index (χ3v) is 5.56. The summed E-state index contributed by atoms with van der Waals surface area (Å²) in [4.78, 5) is 31.7. The van der Waals surface area contributed by atoms with Gasteiger partial charge in [-0.15, -0.1) is 10.2 Å². The number of carbonyl (C=O) groups excluding carboxylic acids is 1. The van der Waals surface area contributed by atoms with E-state index in [1.54, 1.807) is 0 Å². The quantitative estimate of drug-likeness (QED) is 0.362. The van der Waals surface area contributed by atoms with Crippen LogP contribution in [-0.4, -0.2) is 63.8 Å². The van der Waals surface area contributed by atoms with Gasteiger partial charge in [0.05, 0.1) is 18.0 Å². The van der Waals surface area contributed by atoms with Crippen molar-refractivity contribution in [1.82, 2.24) is 20.2 Å². The van der Waals surface area contributed by atoms with Gasteiger partial charge in [-0.05, 0) is 43.5 Å². The van der Waals surface area contributed by atoms with Crippen LogP contribution < -0.4 is 20.9 Å². The molecule has 2 aliphatic rings. The van der Waals surface area contributed by atoms with Gasteiger partial charge in [0.15, 0.2) is 11.6 Å². The molecule has 4 N–H and O–H groups in total. The van der Waals surface area contributed by atoms with Crippen LogP contribution in [0.4, 0.5) is 23.3 Å². The predicted octanol–water partition coefficient (Wildman–Crippen LogP) is 2.20. The molecule has 2 aromatic heterocycles. The number of aromatic nitrogens is 4. The van der Waals surface area contributed by atoms with E-state index in [1.807, 2.05) is 24.3 Å². The third kappa shape index (κ3) is 6.41. The fraction of sp³-hybridized carbons (Fsp3) is 0.292. The topological polar surface area (TPSA) is 174 Å². The van der Waals surface area contributed by atoms with E-state index < -0.39 is 0 Å². The number of carbonyl (C=O) groups is 2. The molecule has 2 fully saturated rings. The Hall–Kier alpha value is -4.79. The summed E-state index contributed by atoms with van der Waals surface area (Å²) in [5, 5.41) is 29.2. The minimum atomic E-state index is -0.250. The summed E-state index contributed by atoms with van der Waals surface area (Å²) in [7, 11) is 0. The van der Waals surface area contributed by atoms with Crippen molar-refractivity contribution < 1.29 is 14.7 Å². The Kier molecular flexibility index (Phi) is 9.05. The van der Waals surface area contributed by atoms with Crippen LogP contribution in [0.5, 0.6) is 0 Å². The monoisotopic (exact) mass is 489 g/mol. The summed E-state index contributed by atoms with van der Waals surface area (Å²) in [6.07, 6.45) is 7.62. The number of fused-ring (bicyclic) bond motifs is 1. The van der Waals surface area contributed by atoms with Crippen molar-refractivity contribution in [2.24, 2.45) is 0 Å². The molecule has 0 aliphatic carbocycles. The molecule has 12 heteroatoms. The van der Waals surface area contributed by atoms with Crippen molar-refractivity contribution in [3.63, 3.8) is 0 Å². The summed E-state index contributed by atoms with van der Waals surface area (Å²) in [6, 6.07) is 7.84. The largest absolute Gasteiger partial charge is 0.483 e. The molecule has 186 valence electrons. The number of hydrogen-bond donors (Lipinski definition) is 3. The Bertz CT molecular complexity index is 1250. The van der Waals surface area contributed by atoms with Gasteiger partial charge < -0.3 is 26.0 Å². The number of rotatable bonds is 4. The molecule has 2 saturated heterocycles. The van der Waals surface area contributed by atoms with Crippen LogP contribution >= 0.6 is 0 Å². The molecule has 1 aromatic carbocycles. The number of nitrogen functional groups attached to an aromatic ring is 1. The molecule has 0 spiro atoms. The van der Waals surface area contributed by atoms with E-state index in [2.05, 4.69) is 41.9 Å². The highest BCUT2D eigenvalue weighted by Gasteiger charge is 2.23. The highest BCUT2D eigenvalue weighted by molar-refractivity contribution is 6.04. The lowest BCUT2D eigenvalue weighted by molar-refractivity contribution is -0.122. The van der Waals surface area contributed by atoms with Crippen molar-refractivity contribution in [2.45, 2.75) is 19.3 Å². The maximum Gasteiger partial charge on any atom is 0.290 e. The van der Waals surface area contributed by atoms with Gasteiger partial charge >= 0.3 is 0 Å². The second-order valence-electron chi connectivity index (χ2n) is 7.88. The molecular formula is C24H27N9O3. The minimum absolute atomic E-state index is 0.189. The molecule has 1 amide bonds. The summed E-state index contributed by atoms with van der Waals surface area (Å²) in [5.41, 5.74) is 6.33. The molecule has 0 unspecified atom stereocenters. The molecule has 3 aromatic rings. The molecule has 0 atom stereocenters. The van der Waals surface area contributed by atoms with Crippen molar-refractivity contribution >= 4 is 46.4 Å². The summed E-state index contributed by atoms with van der Waals surface area (Å²) >= 11 is 0. The summed E-state index contributed by atoms with van der Waals surface area (Å²) in [5.74, 6) is 1.85. The fourth-order valence-corrected chi connectivity index (χ4v) is 3.72. The number of hydrogen-bond acceptors (Lipinski definition) is 10. The van der Waals surface area contributed by atoms with Gasteiger partial charge in [-0.3, -0.25) is 9.59 Å². The zero-order valence-electron chi connectivity index (χ0n) is 19.7. The SMILES string of the molecule is C=CC(=O)Nc1ccc2c(N3CCCC3)nnc(N3CCC3)c2c1.N#Cc1cnc(N)nc1.O=CO. The van der Waals surface area contributed by atoms with Crippen LogP contribution in [0.25, 0.3) is 10.8 Å². The van der Waals surface area contributed by atoms with E-state index in [0.29, 0.717) is 5.56 Å². The number of nitrogens with two attached hydrogens (primary N) is 1. The molecule has 12 nitrogen and oxygen atoms in total. The summed E-state index contributed by atoms with van der Waals surface area (Å²) < 4.78 is 0. The van der Waals surface area contributed by atoms with E-state index in [1.165, 1.54) is 37.7 Å². The Morgan fingerprint density at radius 1 is 1.06 bits per heavy atom. The molecule has 0 saturated carbocycles. The van der Waals surface area contributed by atoms with Gasteiger partial charge in [0, 0.05) is 42.6 Å². The highest BCUT2D eigenvalue weighted by atomic mass is 16.3. The van der Waals surface area contributed by atoms with Crippen molar-refractivity contribution in [2.75, 3.05) is 47.0 Å². The number of amides is 1. The first-order valence-electron chi connectivity index (χ1n) is 11.3. The first-order chi connectivity index (χ1) is 17.5. The van der Waals surface area contributed by atoms with Crippen LogP contribution in [0.3, 0.4) is 0 Å². The molecule has 0 radical (unpaired) electrons. The normalized spacial score (nSPS) is 13.8. The Balaban J connectivity index is 0.000000251. The number of anilines is 4. The molecule has 2 aliphatic heterocycles. The Labute approximate surface area is 208 Å². The number of nitrogens with one attached hydrogen (secondary N) is 1. The lowest BCUT2D eigenvalue weighted by Crippen LogP contribution is -2.38. The zero-order valence-corrected chi connectivity index (χ0v) is 19.7. The maximum atomic E-state index is 11.6. The Morgan fingerprint density at radius 2 is 1.61 bits per heavy atom. The number of carboxylic acid groups (broad SMARTS) is 1. The number of nitrogens with zero attached hydrogens (tertiary/aromatic N) is 7. The minimum Gasteiger partial charge on any atom is -0.483 e.